The van der Waals surface area contributed by atoms with Crippen molar-refractivity contribution in [3.63, 3.8) is 0 Å². The fourth-order valence-electron chi connectivity index (χ4n) is 3.66. The molecule has 0 aliphatic carbocycles. The summed E-state index contributed by atoms with van der Waals surface area (Å²) in [6, 6.07) is 4.20. The summed E-state index contributed by atoms with van der Waals surface area (Å²) in [5, 5.41) is 5.40. The molecule has 0 saturated carbocycles. The summed E-state index contributed by atoms with van der Waals surface area (Å²) in [6.07, 6.45) is 4.36. The molecule has 0 N–H and O–H groups in total. The largest absolute Gasteiger partial charge is 0.342 e. The Hall–Kier alpha value is -1.24. The minimum atomic E-state index is 0.247. The predicted molar refractivity (Wildman–Crippen MR) is 99.2 cm³/mol. The van der Waals surface area contributed by atoms with Crippen molar-refractivity contribution in [3.05, 3.63) is 28.6 Å². The second-order valence-corrected chi connectivity index (χ2v) is 8.51. The number of aromatic nitrogens is 1. The topological polar surface area (TPSA) is 36.4 Å². The van der Waals surface area contributed by atoms with Crippen LogP contribution in [0, 0.1) is 5.92 Å². The van der Waals surface area contributed by atoms with Gasteiger partial charge in [0, 0.05) is 30.9 Å². The van der Waals surface area contributed by atoms with Crippen LogP contribution in [0.1, 0.15) is 31.4 Å². The number of thiophene rings is 1. The number of carbonyl (C=O) groups is 1. The molecule has 2 aromatic heterocycles. The van der Waals surface area contributed by atoms with Crippen molar-refractivity contribution in [1.29, 1.82) is 0 Å². The van der Waals surface area contributed by atoms with E-state index in [-0.39, 0.29) is 5.92 Å². The predicted octanol–water partition coefficient (Wildman–Crippen LogP) is 3.71. The number of piperidine rings is 1. The molecule has 4 nitrogen and oxygen atoms in total. The highest BCUT2D eigenvalue weighted by atomic mass is 32.1. The van der Waals surface area contributed by atoms with Gasteiger partial charge in [0.1, 0.15) is 5.01 Å². The van der Waals surface area contributed by atoms with Gasteiger partial charge in [0.2, 0.25) is 5.91 Å². The van der Waals surface area contributed by atoms with E-state index in [9.17, 15) is 4.79 Å². The zero-order chi connectivity index (χ0) is 16.4. The maximum atomic E-state index is 12.5. The van der Waals surface area contributed by atoms with E-state index >= 15 is 0 Å². The summed E-state index contributed by atoms with van der Waals surface area (Å²) in [5.74, 6) is 0.650. The number of hydrogen-bond donors (Lipinski definition) is 0. The second-order valence-electron chi connectivity index (χ2n) is 6.70. The summed E-state index contributed by atoms with van der Waals surface area (Å²) < 4.78 is 0. The van der Waals surface area contributed by atoms with Crippen LogP contribution in [0.2, 0.25) is 0 Å². The van der Waals surface area contributed by atoms with Gasteiger partial charge in [-0.2, -0.15) is 0 Å². The second kappa shape index (κ2) is 7.33. The Morgan fingerprint density at radius 2 is 1.96 bits per heavy atom. The van der Waals surface area contributed by atoms with Gasteiger partial charge in [-0.1, -0.05) is 6.07 Å². The lowest BCUT2D eigenvalue weighted by Gasteiger charge is -2.32. The lowest BCUT2D eigenvalue weighted by atomic mass is 9.95. The van der Waals surface area contributed by atoms with Crippen molar-refractivity contribution >= 4 is 28.6 Å². The Balaban J connectivity index is 1.29. The van der Waals surface area contributed by atoms with E-state index in [1.807, 2.05) is 0 Å². The Kier molecular flexibility index (Phi) is 4.96. The summed E-state index contributed by atoms with van der Waals surface area (Å²) in [7, 11) is 0. The number of hydrogen-bond acceptors (Lipinski definition) is 5. The molecule has 0 bridgehead atoms. The maximum absolute atomic E-state index is 12.5. The molecule has 1 amide bonds. The average molecular weight is 362 g/mol. The van der Waals surface area contributed by atoms with Gasteiger partial charge in [-0.3, -0.25) is 9.69 Å². The number of carbonyl (C=O) groups excluding carboxylic acids is 1. The van der Waals surface area contributed by atoms with E-state index in [1.165, 1.54) is 17.7 Å². The van der Waals surface area contributed by atoms with Gasteiger partial charge in [-0.05, 0) is 50.2 Å². The highest BCUT2D eigenvalue weighted by molar-refractivity contribution is 7.20. The van der Waals surface area contributed by atoms with Crippen LogP contribution in [0.25, 0.3) is 9.88 Å². The molecule has 2 aromatic rings. The Labute approximate surface area is 151 Å². The van der Waals surface area contributed by atoms with Gasteiger partial charge in [0.25, 0.3) is 0 Å². The number of rotatable bonds is 4. The molecule has 4 rings (SSSR count). The number of thiazole rings is 1. The third-order valence-corrected chi connectivity index (χ3v) is 6.95. The first-order valence-electron chi connectivity index (χ1n) is 8.79. The molecule has 2 aliphatic rings. The minimum Gasteiger partial charge on any atom is -0.342 e. The third-order valence-electron chi connectivity index (χ3n) is 5.02. The van der Waals surface area contributed by atoms with Crippen molar-refractivity contribution in [3.8, 4) is 9.88 Å². The summed E-state index contributed by atoms with van der Waals surface area (Å²) in [5.41, 5.74) is 1.16. The van der Waals surface area contributed by atoms with Crippen molar-refractivity contribution in [1.82, 2.24) is 14.8 Å². The Bertz CT molecular complexity index is 668. The number of nitrogens with zero attached hydrogens (tertiary/aromatic N) is 3. The van der Waals surface area contributed by atoms with Crippen molar-refractivity contribution < 1.29 is 4.79 Å². The average Bonchev–Trinajstić information content (AvgIpc) is 3.36. The van der Waals surface area contributed by atoms with Crippen molar-refractivity contribution in [2.45, 2.75) is 32.2 Å². The molecule has 0 spiro atoms. The standard InChI is InChI=1S/C18H23N3OS2/c22-18(21-7-1-2-8-21)14-5-9-20(10-6-14)12-15-13-24-17(19-15)16-4-3-11-23-16/h3-4,11,13-14H,1-2,5-10,12H2. The minimum absolute atomic E-state index is 0.247. The van der Waals surface area contributed by atoms with E-state index in [4.69, 9.17) is 4.98 Å². The number of amides is 1. The molecule has 24 heavy (non-hydrogen) atoms. The zero-order valence-corrected chi connectivity index (χ0v) is 15.5. The molecule has 0 aromatic carbocycles. The van der Waals surface area contributed by atoms with Crippen molar-refractivity contribution in [2.24, 2.45) is 5.92 Å². The fourth-order valence-corrected chi connectivity index (χ4v) is 5.28. The Morgan fingerprint density at radius 1 is 1.17 bits per heavy atom. The molecule has 0 radical (unpaired) electrons. The molecule has 6 heteroatoms. The molecule has 0 unspecified atom stereocenters. The molecule has 0 atom stereocenters. The van der Waals surface area contributed by atoms with Crippen LogP contribution in [-0.2, 0) is 11.3 Å². The lowest BCUT2D eigenvalue weighted by Crippen LogP contribution is -2.41. The van der Waals surface area contributed by atoms with E-state index < -0.39 is 0 Å². The fraction of sp³-hybridized carbons (Fsp3) is 0.556. The zero-order valence-electron chi connectivity index (χ0n) is 13.8. The van der Waals surface area contributed by atoms with Gasteiger partial charge in [0.05, 0.1) is 10.6 Å². The van der Waals surface area contributed by atoms with E-state index in [2.05, 4.69) is 32.7 Å². The maximum Gasteiger partial charge on any atom is 0.225 e. The summed E-state index contributed by atoms with van der Waals surface area (Å²) >= 11 is 3.47. The van der Waals surface area contributed by atoms with Crippen LogP contribution in [0.15, 0.2) is 22.9 Å². The molecular formula is C18H23N3OS2. The highest BCUT2D eigenvalue weighted by Crippen LogP contribution is 2.29. The van der Waals surface area contributed by atoms with Gasteiger partial charge in [0.15, 0.2) is 0 Å². The van der Waals surface area contributed by atoms with Gasteiger partial charge >= 0.3 is 0 Å². The quantitative estimate of drug-likeness (QED) is 0.833. The van der Waals surface area contributed by atoms with E-state index in [1.54, 1.807) is 22.7 Å². The molecule has 128 valence electrons. The van der Waals surface area contributed by atoms with Crippen LogP contribution in [0.5, 0.6) is 0 Å². The molecule has 4 heterocycles. The first kappa shape index (κ1) is 16.2. The van der Waals surface area contributed by atoms with Gasteiger partial charge in [-0.25, -0.2) is 4.98 Å². The monoisotopic (exact) mass is 361 g/mol. The van der Waals surface area contributed by atoms with Crippen LogP contribution in [0.4, 0.5) is 0 Å². The van der Waals surface area contributed by atoms with Crippen LogP contribution in [0.3, 0.4) is 0 Å². The SMILES string of the molecule is O=C(C1CCN(Cc2csc(-c3cccs3)n2)CC1)N1CCCC1. The summed E-state index contributed by atoms with van der Waals surface area (Å²) in [4.78, 5) is 23.0. The normalized spacial score (nSPS) is 19.9. The molecular weight excluding hydrogens is 338 g/mol. The van der Waals surface area contributed by atoms with Crippen LogP contribution in [-0.4, -0.2) is 46.9 Å². The first-order chi connectivity index (χ1) is 11.8. The third kappa shape index (κ3) is 3.55. The van der Waals surface area contributed by atoms with Crippen LogP contribution < -0.4 is 0 Å². The lowest BCUT2D eigenvalue weighted by molar-refractivity contribution is -0.136. The Morgan fingerprint density at radius 3 is 2.67 bits per heavy atom. The smallest absolute Gasteiger partial charge is 0.225 e. The van der Waals surface area contributed by atoms with Crippen LogP contribution >= 0.6 is 22.7 Å². The molecule has 2 aliphatic heterocycles. The molecule has 2 fully saturated rings. The first-order valence-corrected chi connectivity index (χ1v) is 10.5. The van der Waals surface area contributed by atoms with E-state index in [0.717, 1.165) is 56.3 Å². The van der Waals surface area contributed by atoms with Gasteiger partial charge < -0.3 is 4.90 Å². The van der Waals surface area contributed by atoms with Gasteiger partial charge in [-0.15, -0.1) is 22.7 Å². The summed E-state index contributed by atoms with van der Waals surface area (Å²) in [6.45, 7) is 4.88. The van der Waals surface area contributed by atoms with Crippen molar-refractivity contribution in [2.75, 3.05) is 26.2 Å². The number of likely N-dealkylation sites (tertiary alicyclic amines) is 2. The van der Waals surface area contributed by atoms with E-state index in [0.29, 0.717) is 5.91 Å². The highest BCUT2D eigenvalue weighted by Gasteiger charge is 2.29. The molecule has 2 saturated heterocycles.